The second kappa shape index (κ2) is 5.35. The summed E-state index contributed by atoms with van der Waals surface area (Å²) in [4.78, 5) is 4.16. The fourth-order valence-electron chi connectivity index (χ4n) is 2.08. The molecule has 0 radical (unpaired) electrons. The molecule has 0 amide bonds. The van der Waals surface area contributed by atoms with Gasteiger partial charge >= 0.3 is 0 Å². The molecule has 0 spiro atoms. The molecule has 6 heteroatoms. The van der Waals surface area contributed by atoms with Crippen LogP contribution >= 0.6 is 10.7 Å². The molecule has 2 aromatic carbocycles. The minimum atomic E-state index is -3.79. The molecular formula is C15H10ClNO3S. The first-order valence-electron chi connectivity index (χ1n) is 6.10. The molecule has 0 saturated heterocycles. The average Bonchev–Trinajstić information content (AvgIpc) is 3.01. The van der Waals surface area contributed by atoms with Crippen molar-refractivity contribution in [1.29, 1.82) is 0 Å². The van der Waals surface area contributed by atoms with Crippen LogP contribution in [-0.4, -0.2) is 13.4 Å². The molecule has 21 heavy (non-hydrogen) atoms. The molecule has 1 aromatic heterocycles. The lowest BCUT2D eigenvalue weighted by molar-refractivity contribution is 0.574. The zero-order valence-corrected chi connectivity index (χ0v) is 12.3. The van der Waals surface area contributed by atoms with Crippen molar-refractivity contribution in [2.75, 3.05) is 0 Å². The summed E-state index contributed by atoms with van der Waals surface area (Å²) in [5.74, 6) is 0.514. The van der Waals surface area contributed by atoms with Crippen molar-refractivity contribution in [3.05, 3.63) is 61.0 Å². The molecule has 4 nitrogen and oxygen atoms in total. The van der Waals surface area contributed by atoms with Crippen molar-refractivity contribution in [3.8, 4) is 22.6 Å². The lowest BCUT2D eigenvalue weighted by Gasteiger charge is -2.07. The van der Waals surface area contributed by atoms with Gasteiger partial charge in [0.2, 0.25) is 5.89 Å². The third-order valence-electron chi connectivity index (χ3n) is 3.02. The number of rotatable bonds is 3. The highest BCUT2D eigenvalue weighted by Crippen LogP contribution is 2.30. The van der Waals surface area contributed by atoms with Crippen LogP contribution in [0.2, 0.25) is 0 Å². The molecule has 106 valence electrons. The van der Waals surface area contributed by atoms with E-state index in [1.165, 1.54) is 12.3 Å². The van der Waals surface area contributed by atoms with Gasteiger partial charge in [0.25, 0.3) is 9.05 Å². The fraction of sp³-hybridized carbons (Fsp3) is 0. The minimum Gasteiger partial charge on any atom is -0.445 e. The van der Waals surface area contributed by atoms with E-state index in [4.69, 9.17) is 15.1 Å². The first kappa shape index (κ1) is 13.9. The lowest BCUT2D eigenvalue weighted by atomic mass is 10.0. The maximum atomic E-state index is 11.6. The molecule has 3 aromatic rings. The first-order chi connectivity index (χ1) is 10.1. The second-order valence-corrected chi connectivity index (χ2v) is 6.88. The molecule has 0 aliphatic carbocycles. The van der Waals surface area contributed by atoms with Gasteiger partial charge in [0.1, 0.15) is 6.26 Å². The predicted octanol–water partition coefficient (Wildman–Crippen LogP) is 3.94. The number of hydrogen-bond acceptors (Lipinski definition) is 4. The monoisotopic (exact) mass is 319 g/mol. The summed E-state index contributed by atoms with van der Waals surface area (Å²) in [7, 11) is 1.68. The summed E-state index contributed by atoms with van der Waals surface area (Å²) >= 11 is 0. The zero-order valence-electron chi connectivity index (χ0n) is 10.7. The Kier molecular flexibility index (Phi) is 3.53. The highest BCUT2D eigenvalue weighted by atomic mass is 35.7. The summed E-state index contributed by atoms with van der Waals surface area (Å²) in [6.45, 7) is 0. The van der Waals surface area contributed by atoms with E-state index in [-0.39, 0.29) is 4.90 Å². The third kappa shape index (κ3) is 2.84. The van der Waals surface area contributed by atoms with Crippen LogP contribution in [0, 0.1) is 0 Å². The summed E-state index contributed by atoms with van der Waals surface area (Å²) in [5, 5.41) is 0. The molecule has 1 heterocycles. The lowest BCUT2D eigenvalue weighted by Crippen LogP contribution is -1.94. The number of oxazole rings is 1. The molecule has 0 bridgehead atoms. The maximum absolute atomic E-state index is 11.6. The van der Waals surface area contributed by atoms with Crippen LogP contribution in [-0.2, 0) is 9.05 Å². The maximum Gasteiger partial charge on any atom is 0.261 e. The topological polar surface area (TPSA) is 60.2 Å². The van der Waals surface area contributed by atoms with Crippen molar-refractivity contribution in [1.82, 2.24) is 4.98 Å². The number of aromatic nitrogens is 1. The Hall–Kier alpha value is -2.11. The van der Waals surface area contributed by atoms with Gasteiger partial charge in [0.05, 0.1) is 11.1 Å². The molecular weight excluding hydrogens is 310 g/mol. The Labute approximate surface area is 126 Å². The van der Waals surface area contributed by atoms with E-state index in [0.29, 0.717) is 11.5 Å². The molecule has 0 N–H and O–H groups in total. The van der Waals surface area contributed by atoms with Crippen molar-refractivity contribution in [2.45, 2.75) is 4.90 Å². The van der Waals surface area contributed by atoms with Crippen LogP contribution in [0.25, 0.3) is 22.6 Å². The van der Waals surface area contributed by atoms with E-state index in [1.54, 1.807) is 36.5 Å². The summed E-state index contributed by atoms with van der Waals surface area (Å²) in [5.41, 5.74) is 2.13. The molecule has 0 fully saturated rings. The fourth-order valence-corrected chi connectivity index (χ4v) is 3.17. The van der Waals surface area contributed by atoms with E-state index >= 15 is 0 Å². The predicted molar refractivity (Wildman–Crippen MR) is 80.4 cm³/mol. The van der Waals surface area contributed by atoms with Crippen molar-refractivity contribution >= 4 is 19.7 Å². The smallest absolute Gasteiger partial charge is 0.261 e. The molecule has 3 rings (SSSR count). The van der Waals surface area contributed by atoms with Crippen LogP contribution < -0.4 is 0 Å². The van der Waals surface area contributed by atoms with Gasteiger partial charge in [-0.25, -0.2) is 13.4 Å². The van der Waals surface area contributed by atoms with Crippen LogP contribution in [0.15, 0.2) is 70.3 Å². The Bertz CT molecular complexity index is 856. The van der Waals surface area contributed by atoms with Gasteiger partial charge in [0, 0.05) is 21.8 Å². The van der Waals surface area contributed by atoms with Crippen LogP contribution in [0.4, 0.5) is 0 Å². The zero-order chi connectivity index (χ0) is 14.9. The van der Waals surface area contributed by atoms with E-state index in [2.05, 4.69) is 4.98 Å². The summed E-state index contributed by atoms with van der Waals surface area (Å²) in [6, 6.07) is 13.9. The van der Waals surface area contributed by atoms with Crippen LogP contribution in [0.3, 0.4) is 0 Å². The highest BCUT2D eigenvalue weighted by molar-refractivity contribution is 8.13. The normalized spacial score (nSPS) is 11.5. The van der Waals surface area contributed by atoms with E-state index in [9.17, 15) is 8.42 Å². The van der Waals surface area contributed by atoms with E-state index < -0.39 is 9.05 Å². The number of halogens is 1. The molecule has 0 aliphatic heterocycles. The Morgan fingerprint density at radius 1 is 0.952 bits per heavy atom. The largest absolute Gasteiger partial charge is 0.445 e. The second-order valence-electron chi connectivity index (χ2n) is 4.35. The van der Waals surface area contributed by atoms with Gasteiger partial charge in [-0.15, -0.1) is 0 Å². The molecule has 0 aliphatic rings. The number of nitrogens with zero attached hydrogens (tertiary/aromatic N) is 1. The Morgan fingerprint density at radius 2 is 1.62 bits per heavy atom. The van der Waals surface area contributed by atoms with Crippen molar-refractivity contribution in [3.63, 3.8) is 0 Å². The minimum absolute atomic E-state index is 0.0931. The van der Waals surface area contributed by atoms with Gasteiger partial charge in [-0.1, -0.05) is 30.3 Å². The number of hydrogen-bond donors (Lipinski definition) is 0. The Balaban J connectivity index is 2.07. The summed E-state index contributed by atoms with van der Waals surface area (Å²) < 4.78 is 28.5. The van der Waals surface area contributed by atoms with Gasteiger partial charge in [-0.2, -0.15) is 0 Å². The first-order valence-corrected chi connectivity index (χ1v) is 8.40. The van der Waals surface area contributed by atoms with Gasteiger partial charge in [0.15, 0.2) is 0 Å². The van der Waals surface area contributed by atoms with Gasteiger partial charge in [-0.05, 0) is 23.8 Å². The molecule has 0 saturated carbocycles. The SMILES string of the molecule is O=S(=O)(Cl)c1ccccc1-c1ccc(-c2ncco2)cc1. The van der Waals surface area contributed by atoms with Crippen LogP contribution in [0.1, 0.15) is 0 Å². The van der Waals surface area contributed by atoms with E-state index in [0.717, 1.165) is 11.1 Å². The average molecular weight is 320 g/mol. The van der Waals surface area contributed by atoms with Crippen molar-refractivity contribution < 1.29 is 12.8 Å². The Morgan fingerprint density at radius 3 is 2.24 bits per heavy atom. The molecule has 0 atom stereocenters. The highest BCUT2D eigenvalue weighted by Gasteiger charge is 2.16. The van der Waals surface area contributed by atoms with Gasteiger partial charge in [-0.3, -0.25) is 0 Å². The number of benzene rings is 2. The van der Waals surface area contributed by atoms with E-state index in [1.807, 2.05) is 12.1 Å². The standard InChI is InChI=1S/C15H10ClNO3S/c16-21(18,19)14-4-2-1-3-13(14)11-5-7-12(8-6-11)15-17-9-10-20-15/h1-10H. The quantitative estimate of drug-likeness (QED) is 0.686. The van der Waals surface area contributed by atoms with Gasteiger partial charge < -0.3 is 4.42 Å². The van der Waals surface area contributed by atoms with Crippen molar-refractivity contribution in [2.24, 2.45) is 0 Å². The third-order valence-corrected chi connectivity index (χ3v) is 4.40. The summed E-state index contributed by atoms with van der Waals surface area (Å²) in [6.07, 6.45) is 3.07. The van der Waals surface area contributed by atoms with Crippen LogP contribution in [0.5, 0.6) is 0 Å². The molecule has 0 unspecified atom stereocenters.